The second-order valence-electron chi connectivity index (χ2n) is 5.13. The number of hydrogen-bond acceptors (Lipinski definition) is 2. The lowest BCUT2D eigenvalue weighted by Crippen LogP contribution is -2.41. The summed E-state index contributed by atoms with van der Waals surface area (Å²) in [5.41, 5.74) is 0. The molecule has 0 radical (unpaired) electrons. The van der Waals surface area contributed by atoms with Crippen LogP contribution in [-0.2, 0) is 9.84 Å². The van der Waals surface area contributed by atoms with Crippen LogP contribution < -0.4 is 0 Å². The fraction of sp³-hybridized carbons (Fsp3) is 0.778. The summed E-state index contributed by atoms with van der Waals surface area (Å²) in [6.07, 6.45) is 1.52. The van der Waals surface area contributed by atoms with E-state index in [-0.39, 0.29) is 0 Å². The third-order valence-electron chi connectivity index (χ3n) is 1.92. The van der Waals surface area contributed by atoms with E-state index >= 15 is 0 Å². The maximum absolute atomic E-state index is 11.9. The molecule has 0 aromatic carbocycles. The average Bonchev–Trinajstić information content (AvgIpc) is 1.81. The molecule has 0 atom stereocenters. The van der Waals surface area contributed by atoms with Gasteiger partial charge in [-0.1, -0.05) is 25.7 Å². The van der Waals surface area contributed by atoms with Gasteiger partial charge in [0.15, 0.2) is 9.84 Å². The number of hydrogen-bond donors (Lipinski definition) is 0. The van der Waals surface area contributed by atoms with Crippen molar-refractivity contribution < 1.29 is 8.42 Å². The summed E-state index contributed by atoms with van der Waals surface area (Å²) in [6.45, 7) is 13.2. The van der Waals surface area contributed by atoms with Crippen LogP contribution in [0.25, 0.3) is 0 Å². The molecule has 0 spiro atoms. The van der Waals surface area contributed by atoms with Gasteiger partial charge in [-0.25, -0.2) is 8.42 Å². The highest BCUT2D eigenvalue weighted by Gasteiger charge is 2.35. The van der Waals surface area contributed by atoms with Crippen LogP contribution >= 0.6 is 0 Å². The Morgan fingerprint density at radius 1 is 1.31 bits per heavy atom. The molecule has 0 saturated heterocycles. The summed E-state index contributed by atoms with van der Waals surface area (Å²) in [5.74, 6) is 0. The first-order valence-electron chi connectivity index (χ1n) is 4.38. The molecule has 4 heteroatoms. The van der Waals surface area contributed by atoms with Crippen molar-refractivity contribution in [1.82, 2.24) is 0 Å². The van der Waals surface area contributed by atoms with Crippen LogP contribution in [0, 0.1) is 0 Å². The van der Waals surface area contributed by atoms with Crippen molar-refractivity contribution in [3.63, 3.8) is 0 Å². The highest BCUT2D eigenvalue weighted by atomic mass is 32.2. The van der Waals surface area contributed by atoms with Crippen molar-refractivity contribution >= 4 is 17.9 Å². The van der Waals surface area contributed by atoms with E-state index in [1.807, 2.05) is 0 Å². The first-order chi connectivity index (χ1) is 5.52. The first kappa shape index (κ1) is 12.9. The molecular weight excluding hydrogens is 200 g/mol. The minimum absolute atomic E-state index is 0.332. The lowest BCUT2D eigenvalue weighted by atomic mass is 10.2. The van der Waals surface area contributed by atoms with E-state index in [4.69, 9.17) is 0 Å². The molecule has 0 aliphatic carbocycles. The Bertz CT molecular complexity index is 283. The van der Waals surface area contributed by atoms with Gasteiger partial charge in [0.05, 0.1) is 12.8 Å². The lowest BCUT2D eigenvalue weighted by molar-refractivity contribution is 0.576. The van der Waals surface area contributed by atoms with Crippen LogP contribution in [0.15, 0.2) is 12.7 Å². The molecule has 0 aliphatic heterocycles. The molecule has 0 saturated carbocycles. The Kier molecular flexibility index (Phi) is 3.55. The molecule has 13 heavy (non-hydrogen) atoms. The first-order valence-corrected chi connectivity index (χ1v) is 9.74. The van der Waals surface area contributed by atoms with E-state index in [0.717, 1.165) is 0 Å². The third kappa shape index (κ3) is 3.64. The van der Waals surface area contributed by atoms with E-state index < -0.39 is 22.7 Å². The largest absolute Gasteiger partial charge is 0.228 e. The van der Waals surface area contributed by atoms with Crippen LogP contribution in [0.4, 0.5) is 0 Å². The van der Waals surface area contributed by atoms with Gasteiger partial charge >= 0.3 is 0 Å². The monoisotopic (exact) mass is 220 g/mol. The van der Waals surface area contributed by atoms with Crippen LogP contribution in [0.2, 0.25) is 19.6 Å². The Morgan fingerprint density at radius 3 is 1.92 bits per heavy atom. The minimum Gasteiger partial charge on any atom is -0.228 e. The molecule has 0 aromatic rings. The van der Waals surface area contributed by atoms with Gasteiger partial charge in [0, 0.05) is 5.38 Å². The highest BCUT2D eigenvalue weighted by Crippen LogP contribution is 2.21. The van der Waals surface area contributed by atoms with E-state index in [9.17, 15) is 8.42 Å². The second kappa shape index (κ2) is 3.57. The summed E-state index contributed by atoms with van der Waals surface area (Å²) in [4.78, 5) is 0. The van der Waals surface area contributed by atoms with Crippen LogP contribution in [0.5, 0.6) is 0 Å². The van der Waals surface area contributed by atoms with Crippen molar-refractivity contribution in [1.29, 1.82) is 0 Å². The third-order valence-corrected chi connectivity index (χ3v) is 8.67. The summed E-state index contributed by atoms with van der Waals surface area (Å²) in [7, 11) is -4.58. The van der Waals surface area contributed by atoms with Gasteiger partial charge < -0.3 is 0 Å². The van der Waals surface area contributed by atoms with Crippen LogP contribution in [0.3, 0.4) is 0 Å². The van der Waals surface area contributed by atoms with Gasteiger partial charge in [0.2, 0.25) is 0 Å². The molecule has 2 nitrogen and oxygen atoms in total. The highest BCUT2D eigenvalue weighted by molar-refractivity contribution is 7.94. The molecule has 0 aromatic heterocycles. The van der Waals surface area contributed by atoms with Crippen molar-refractivity contribution in [3.05, 3.63) is 12.7 Å². The van der Waals surface area contributed by atoms with Crippen molar-refractivity contribution in [3.8, 4) is 0 Å². The topological polar surface area (TPSA) is 34.1 Å². The van der Waals surface area contributed by atoms with Gasteiger partial charge in [-0.3, -0.25) is 0 Å². The van der Waals surface area contributed by atoms with Crippen LogP contribution in [0.1, 0.15) is 13.8 Å². The smallest absolute Gasteiger partial charge is 0.156 e. The lowest BCUT2D eigenvalue weighted by Gasteiger charge is -2.25. The van der Waals surface area contributed by atoms with Crippen molar-refractivity contribution in [2.24, 2.45) is 0 Å². The molecule has 0 rings (SSSR count). The molecule has 0 bridgehead atoms. The average molecular weight is 220 g/mol. The number of rotatable bonds is 4. The maximum atomic E-state index is 11.9. The van der Waals surface area contributed by atoms with Gasteiger partial charge in [-0.05, 0) is 13.8 Å². The van der Waals surface area contributed by atoms with Gasteiger partial charge in [-0.2, -0.15) is 0 Å². The van der Waals surface area contributed by atoms with Crippen LogP contribution in [-0.4, -0.2) is 26.6 Å². The summed E-state index contributed by atoms with van der Waals surface area (Å²) < 4.78 is 22.9. The second-order valence-corrected chi connectivity index (χ2v) is 13.7. The van der Waals surface area contributed by atoms with Gasteiger partial charge in [-0.15, -0.1) is 6.58 Å². The molecule has 0 aliphatic rings. The fourth-order valence-electron chi connectivity index (χ4n) is 0.883. The van der Waals surface area contributed by atoms with E-state index in [1.165, 1.54) is 6.08 Å². The summed E-state index contributed by atoms with van der Waals surface area (Å²) in [5, 5.41) is 0.332. The predicted octanol–water partition coefficient (Wildman–Crippen LogP) is 2.24. The standard InChI is InChI=1S/C9H20O2SSi/c1-7-9(2,3)12(10,11)8-13(4,5)6/h7H,1,8H2,2-6H3. The fourth-order valence-corrected chi connectivity index (χ4v) is 7.19. The Balaban J connectivity index is 4.91. The zero-order valence-corrected chi connectivity index (χ0v) is 11.0. The normalized spacial score (nSPS) is 14.2. The summed E-state index contributed by atoms with van der Waals surface area (Å²) >= 11 is 0. The Hall–Kier alpha value is -0.0931. The molecule has 0 amide bonds. The number of sulfone groups is 1. The van der Waals surface area contributed by atoms with Gasteiger partial charge in [0.25, 0.3) is 0 Å². The molecule has 0 fully saturated rings. The minimum atomic E-state index is -3.02. The van der Waals surface area contributed by atoms with Crippen molar-refractivity contribution in [2.75, 3.05) is 5.38 Å². The van der Waals surface area contributed by atoms with E-state index in [1.54, 1.807) is 13.8 Å². The van der Waals surface area contributed by atoms with Crippen molar-refractivity contribution in [2.45, 2.75) is 38.2 Å². The van der Waals surface area contributed by atoms with E-state index in [2.05, 4.69) is 26.2 Å². The maximum Gasteiger partial charge on any atom is 0.156 e. The predicted molar refractivity (Wildman–Crippen MR) is 61.4 cm³/mol. The van der Waals surface area contributed by atoms with Gasteiger partial charge in [0.1, 0.15) is 0 Å². The molecular formula is C9H20O2SSi. The zero-order valence-electron chi connectivity index (χ0n) is 9.22. The zero-order chi connectivity index (χ0) is 10.9. The Morgan fingerprint density at radius 2 is 1.69 bits per heavy atom. The molecule has 0 N–H and O–H groups in total. The molecule has 0 unspecified atom stereocenters. The molecule has 0 heterocycles. The Labute approximate surface area is 83.0 Å². The van der Waals surface area contributed by atoms with E-state index in [0.29, 0.717) is 5.38 Å². The SMILES string of the molecule is C=CC(C)(C)S(=O)(=O)C[Si](C)(C)C. The summed E-state index contributed by atoms with van der Waals surface area (Å²) in [6, 6.07) is 0. The molecule has 78 valence electrons. The quantitative estimate of drug-likeness (QED) is 0.538.